The van der Waals surface area contributed by atoms with Gasteiger partial charge in [0.05, 0.1) is 0 Å². The van der Waals surface area contributed by atoms with Crippen molar-refractivity contribution in [1.82, 2.24) is 0 Å². The lowest BCUT2D eigenvalue weighted by molar-refractivity contribution is 1.05. The van der Waals surface area contributed by atoms with Gasteiger partial charge in [-0.25, -0.2) is 0 Å². The highest BCUT2D eigenvalue weighted by atomic mass is 28.3. The first-order chi connectivity index (χ1) is 5.27. The third-order valence-corrected chi connectivity index (χ3v) is 2.48. The normalized spacial score (nSPS) is 12.4. The molecule has 63 valence electrons. The molecule has 0 aromatic carbocycles. The lowest BCUT2D eigenvalue weighted by Crippen LogP contribution is -1.94. The maximum absolute atomic E-state index is 2.35. The van der Waals surface area contributed by atoms with E-state index in [-0.39, 0.29) is 8.80 Å². The van der Waals surface area contributed by atoms with Crippen LogP contribution >= 0.6 is 0 Å². The molecule has 0 N–H and O–H groups in total. The zero-order chi connectivity index (χ0) is 8.53. The molecule has 0 fully saturated rings. The summed E-state index contributed by atoms with van der Waals surface area (Å²) in [7, 11) is -0.0320. The monoisotopic (exact) mass is 167 g/mol. The van der Waals surface area contributed by atoms with E-state index in [1.54, 1.807) is 0 Å². The van der Waals surface area contributed by atoms with Crippen LogP contribution in [0.3, 0.4) is 0 Å². The van der Waals surface area contributed by atoms with Gasteiger partial charge in [0.25, 0.3) is 0 Å². The van der Waals surface area contributed by atoms with Crippen molar-refractivity contribution in [2.45, 2.75) is 38.9 Å². The molecular weight excluding hydrogens is 148 g/mol. The summed E-state index contributed by atoms with van der Waals surface area (Å²) in [5, 5.41) is 0. The molecule has 0 aliphatic heterocycles. The maximum atomic E-state index is 2.35. The van der Waals surface area contributed by atoms with Gasteiger partial charge in [0.15, 0.2) is 0 Å². The predicted octanol–water partition coefficient (Wildman–Crippen LogP) is 3.65. The molecule has 0 amide bonds. The van der Waals surface area contributed by atoms with Crippen LogP contribution in [0.4, 0.5) is 0 Å². The van der Waals surface area contributed by atoms with Crippen molar-refractivity contribution in [3.8, 4) is 0 Å². The van der Waals surface area contributed by atoms with Crippen LogP contribution in [-0.4, -0.2) is 8.80 Å². The molecule has 0 aliphatic rings. The largest absolute Gasteiger partial charge is 0.0917 e. The van der Waals surface area contributed by atoms with Crippen LogP contribution in [0.2, 0.25) is 19.1 Å². The minimum Gasteiger partial charge on any atom is -0.0917 e. The van der Waals surface area contributed by atoms with Gasteiger partial charge >= 0.3 is 0 Å². The van der Waals surface area contributed by atoms with Gasteiger partial charge in [-0.3, -0.25) is 0 Å². The average Bonchev–Trinajstić information content (AvgIpc) is 1.96. The minimum absolute atomic E-state index is 0.0320. The third-order valence-electron chi connectivity index (χ3n) is 1.43. The van der Waals surface area contributed by atoms with Crippen molar-refractivity contribution in [2.75, 3.05) is 0 Å². The minimum atomic E-state index is -0.0320. The Bertz CT molecular complexity index is 123. The Balaban J connectivity index is 3.16. The van der Waals surface area contributed by atoms with Crippen LogP contribution < -0.4 is 0 Å². The highest BCUT2D eigenvalue weighted by molar-refractivity contribution is 6.56. The molecule has 0 nitrogen and oxygen atoms in total. The van der Waals surface area contributed by atoms with Crippen LogP contribution in [0.5, 0.6) is 0 Å². The molecule has 0 unspecified atom stereocenters. The van der Waals surface area contributed by atoms with Gasteiger partial charge in [0.2, 0.25) is 0 Å². The Kier molecular flexibility index (Phi) is 7.59. The highest BCUT2D eigenvalue weighted by Crippen LogP contribution is 1.97. The van der Waals surface area contributed by atoms with Gasteiger partial charge in [-0.15, -0.1) is 0 Å². The van der Waals surface area contributed by atoms with Crippen LogP contribution in [0.1, 0.15) is 19.8 Å². The van der Waals surface area contributed by atoms with E-state index in [0.29, 0.717) is 0 Å². The number of rotatable bonds is 5. The predicted molar refractivity (Wildman–Crippen MR) is 55.5 cm³/mol. The van der Waals surface area contributed by atoms with E-state index in [1.165, 1.54) is 18.9 Å². The van der Waals surface area contributed by atoms with Gasteiger partial charge in [-0.1, -0.05) is 37.4 Å². The number of hydrogen-bond acceptors (Lipinski definition) is 0. The molecule has 1 heteroatoms. The first kappa shape index (κ1) is 10.7. The zero-order valence-electron chi connectivity index (χ0n) is 7.93. The van der Waals surface area contributed by atoms with E-state index in [1.807, 2.05) is 0 Å². The molecule has 0 aliphatic carbocycles. The van der Waals surface area contributed by atoms with E-state index in [2.05, 4.69) is 44.3 Å². The van der Waals surface area contributed by atoms with Gasteiger partial charge in [-0.2, -0.15) is 0 Å². The fourth-order valence-electron chi connectivity index (χ4n) is 0.796. The van der Waals surface area contributed by atoms with Crippen molar-refractivity contribution in [3.05, 3.63) is 24.3 Å². The summed E-state index contributed by atoms with van der Waals surface area (Å²) in [6, 6.07) is 1.32. The Hall–Kier alpha value is -0.303. The van der Waals surface area contributed by atoms with E-state index in [0.717, 1.165) is 0 Å². The first-order valence-electron chi connectivity index (χ1n) is 4.32. The van der Waals surface area contributed by atoms with Crippen molar-refractivity contribution in [2.24, 2.45) is 0 Å². The highest BCUT2D eigenvalue weighted by Gasteiger charge is 1.88. The maximum Gasteiger partial charge on any atom is 0.0452 e. The Labute approximate surface area is 72.6 Å². The Morgan fingerprint density at radius 2 is 1.64 bits per heavy atom. The van der Waals surface area contributed by atoms with E-state index in [4.69, 9.17) is 0 Å². The van der Waals surface area contributed by atoms with Crippen molar-refractivity contribution in [1.29, 1.82) is 0 Å². The lowest BCUT2D eigenvalue weighted by Gasteiger charge is -1.93. The Morgan fingerprint density at radius 3 is 2.18 bits per heavy atom. The summed E-state index contributed by atoms with van der Waals surface area (Å²) in [4.78, 5) is 0. The Morgan fingerprint density at radius 1 is 1.00 bits per heavy atom. The number of allylic oxidation sites excluding steroid dienone is 4. The molecule has 0 spiro atoms. The van der Waals surface area contributed by atoms with Crippen LogP contribution in [0.15, 0.2) is 24.3 Å². The molecule has 0 saturated heterocycles. The van der Waals surface area contributed by atoms with Gasteiger partial charge in [0, 0.05) is 8.80 Å². The molecule has 0 aromatic rings. The quantitative estimate of drug-likeness (QED) is 0.333. The average molecular weight is 167 g/mol. The van der Waals surface area contributed by atoms with E-state index in [9.17, 15) is 0 Å². The fraction of sp³-hybridized carbons (Fsp3) is 0.600. The summed E-state index contributed by atoms with van der Waals surface area (Å²) in [6.45, 7) is 6.77. The fourth-order valence-corrected chi connectivity index (χ4v) is 1.43. The van der Waals surface area contributed by atoms with E-state index >= 15 is 0 Å². The second-order valence-electron chi connectivity index (χ2n) is 3.03. The SMILES string of the molecule is C/C=C/CC/C=C/C[Si](C)C. The molecule has 11 heavy (non-hydrogen) atoms. The number of hydrogen-bond donors (Lipinski definition) is 0. The molecule has 0 heterocycles. The van der Waals surface area contributed by atoms with Gasteiger partial charge < -0.3 is 0 Å². The van der Waals surface area contributed by atoms with Crippen molar-refractivity contribution in [3.63, 3.8) is 0 Å². The van der Waals surface area contributed by atoms with Crippen molar-refractivity contribution < 1.29 is 0 Å². The molecule has 0 rings (SSSR count). The topological polar surface area (TPSA) is 0 Å². The third kappa shape index (κ3) is 9.70. The molecule has 1 radical (unpaired) electrons. The summed E-state index contributed by atoms with van der Waals surface area (Å²) in [6.07, 6.45) is 11.4. The van der Waals surface area contributed by atoms with Gasteiger partial charge in [-0.05, 0) is 25.8 Å². The summed E-state index contributed by atoms with van der Waals surface area (Å²) in [5.41, 5.74) is 0. The van der Waals surface area contributed by atoms with Crippen LogP contribution in [0.25, 0.3) is 0 Å². The molecule has 0 atom stereocenters. The summed E-state index contributed by atoms with van der Waals surface area (Å²) in [5.74, 6) is 0. The molecule has 0 saturated carbocycles. The molecule has 0 aromatic heterocycles. The lowest BCUT2D eigenvalue weighted by atomic mass is 10.3. The summed E-state index contributed by atoms with van der Waals surface area (Å²) >= 11 is 0. The zero-order valence-corrected chi connectivity index (χ0v) is 8.93. The smallest absolute Gasteiger partial charge is 0.0452 e. The first-order valence-corrected chi connectivity index (χ1v) is 7.03. The second kappa shape index (κ2) is 7.80. The summed E-state index contributed by atoms with van der Waals surface area (Å²) < 4.78 is 0. The standard InChI is InChI=1S/C10H19Si/c1-4-5-6-7-8-9-10-11(2)3/h4-5,8-9H,6-7,10H2,1-3H3/b5-4+,9-8+. The van der Waals surface area contributed by atoms with Gasteiger partial charge in [0.1, 0.15) is 0 Å². The van der Waals surface area contributed by atoms with Crippen molar-refractivity contribution >= 4 is 8.80 Å². The molecule has 0 bridgehead atoms. The molecular formula is C10H19Si. The second-order valence-corrected chi connectivity index (χ2v) is 5.85. The van der Waals surface area contributed by atoms with Crippen LogP contribution in [0, 0.1) is 0 Å². The van der Waals surface area contributed by atoms with E-state index < -0.39 is 0 Å². The van der Waals surface area contributed by atoms with Crippen LogP contribution in [-0.2, 0) is 0 Å². The number of unbranched alkanes of at least 4 members (excludes halogenated alkanes) is 1.